The second-order valence-corrected chi connectivity index (χ2v) is 8.52. The number of nitrogens with zero attached hydrogens (tertiary/aromatic N) is 2. The van der Waals surface area contributed by atoms with Crippen LogP contribution in [0.5, 0.6) is 0 Å². The number of fused-ring (bicyclic) bond motifs is 1. The van der Waals surface area contributed by atoms with Gasteiger partial charge in [0.15, 0.2) is 0 Å². The van der Waals surface area contributed by atoms with E-state index in [4.69, 9.17) is 23.1 Å². The van der Waals surface area contributed by atoms with Crippen LogP contribution >= 0.6 is 11.6 Å². The van der Waals surface area contributed by atoms with E-state index in [1.807, 2.05) is 41.3 Å². The van der Waals surface area contributed by atoms with Gasteiger partial charge in [-0.3, -0.25) is 14.5 Å². The summed E-state index contributed by atoms with van der Waals surface area (Å²) in [6.45, 7) is 2.35. The minimum Gasteiger partial charge on any atom is -0.384 e. The van der Waals surface area contributed by atoms with Gasteiger partial charge in [-0.15, -0.1) is 0 Å². The Bertz CT molecular complexity index is 1050. The number of anilines is 1. The zero-order chi connectivity index (χ0) is 22.1. The first-order valence-corrected chi connectivity index (χ1v) is 10.8. The Hall–Kier alpha value is -2.90. The largest absolute Gasteiger partial charge is 0.384 e. The molecule has 1 aromatic carbocycles. The van der Waals surface area contributed by atoms with Crippen molar-refractivity contribution in [3.63, 3.8) is 0 Å². The van der Waals surface area contributed by atoms with E-state index in [1.54, 1.807) is 13.0 Å². The summed E-state index contributed by atoms with van der Waals surface area (Å²) in [7, 11) is 0. The summed E-state index contributed by atoms with van der Waals surface area (Å²) in [5, 5.41) is 3.75. The molecule has 0 bridgehead atoms. The average Bonchev–Trinajstić information content (AvgIpc) is 3.14. The van der Waals surface area contributed by atoms with E-state index in [0.717, 1.165) is 35.2 Å². The summed E-state index contributed by atoms with van der Waals surface area (Å²) >= 11 is 6.12. The van der Waals surface area contributed by atoms with Crippen LogP contribution in [0.3, 0.4) is 0 Å². The fraction of sp³-hybridized carbons (Fsp3) is 0.348. The molecule has 0 saturated heterocycles. The number of hydrogen-bond acceptors (Lipinski definition) is 5. The number of carbonyl (C=O) groups is 2. The lowest BCUT2D eigenvalue weighted by Crippen LogP contribution is -2.55. The zero-order valence-electron chi connectivity index (χ0n) is 17.3. The number of aryl methyl sites for hydroxylation is 1. The van der Waals surface area contributed by atoms with Gasteiger partial charge in [0.25, 0.3) is 0 Å². The van der Waals surface area contributed by atoms with Crippen molar-refractivity contribution in [3.8, 4) is 0 Å². The summed E-state index contributed by atoms with van der Waals surface area (Å²) in [4.78, 5) is 31.5. The van der Waals surface area contributed by atoms with Crippen molar-refractivity contribution < 1.29 is 9.59 Å². The van der Waals surface area contributed by atoms with Crippen molar-refractivity contribution in [2.75, 3.05) is 12.3 Å². The lowest BCUT2D eigenvalue weighted by molar-refractivity contribution is -0.130. The number of nitrogen functional groups attached to an aromatic ring is 1. The summed E-state index contributed by atoms with van der Waals surface area (Å²) in [6, 6.07) is 9.91. The molecule has 8 heteroatoms. The summed E-state index contributed by atoms with van der Waals surface area (Å²) in [5.74, 6) is -0.135. The Morgan fingerprint density at radius 2 is 2.06 bits per heavy atom. The van der Waals surface area contributed by atoms with Gasteiger partial charge in [0.1, 0.15) is 11.9 Å². The summed E-state index contributed by atoms with van der Waals surface area (Å²) in [5.41, 5.74) is 15.4. The fourth-order valence-corrected chi connectivity index (χ4v) is 4.63. The van der Waals surface area contributed by atoms with E-state index in [-0.39, 0.29) is 11.9 Å². The number of benzene rings is 1. The first-order chi connectivity index (χ1) is 14.8. The van der Waals surface area contributed by atoms with E-state index in [9.17, 15) is 9.59 Å². The van der Waals surface area contributed by atoms with Crippen molar-refractivity contribution in [2.45, 2.75) is 44.3 Å². The number of halogens is 1. The van der Waals surface area contributed by atoms with Gasteiger partial charge in [0, 0.05) is 17.3 Å². The highest BCUT2D eigenvalue weighted by Gasteiger charge is 2.35. The van der Waals surface area contributed by atoms with E-state index < -0.39 is 18.0 Å². The Kier molecular flexibility index (Phi) is 5.98. The van der Waals surface area contributed by atoms with Crippen LogP contribution in [0.15, 0.2) is 42.5 Å². The summed E-state index contributed by atoms with van der Waals surface area (Å²) in [6.07, 6.45) is 4.09. The minimum absolute atomic E-state index is 0.104. The predicted molar refractivity (Wildman–Crippen MR) is 121 cm³/mol. The monoisotopic (exact) mass is 439 g/mol. The molecule has 162 valence electrons. The molecule has 2 amide bonds. The number of carbonyl (C=O) groups excluding carboxylic acids is 2. The molecule has 1 aliphatic carbocycles. The standard InChI is InChI=1S/C23H26ClN5O2/c1-13(23(31)28-19-7-6-18-17(19)5-8-21(25)27-18)29-10-9-15(12-20(29)22(26)30)14-3-2-4-16(24)11-14/h2-5,8,11-13,19-20H,6-7,9-10H2,1H3,(H2,25,27)(H2,26,30)(H,28,31)/t13-,19+,20?/m0/s1. The molecule has 4 rings (SSSR count). The molecule has 7 nitrogen and oxygen atoms in total. The van der Waals surface area contributed by atoms with Crippen LogP contribution in [0.1, 0.15) is 42.6 Å². The fourth-order valence-electron chi connectivity index (χ4n) is 4.44. The van der Waals surface area contributed by atoms with Crippen molar-refractivity contribution in [1.82, 2.24) is 15.2 Å². The molecule has 31 heavy (non-hydrogen) atoms. The number of nitrogens with two attached hydrogens (primary N) is 2. The molecule has 2 aliphatic rings. The van der Waals surface area contributed by atoms with Crippen LogP contribution in [0, 0.1) is 0 Å². The van der Waals surface area contributed by atoms with Crippen LogP contribution in [-0.2, 0) is 16.0 Å². The van der Waals surface area contributed by atoms with Crippen LogP contribution < -0.4 is 16.8 Å². The molecule has 1 aromatic heterocycles. The number of hydrogen-bond donors (Lipinski definition) is 3. The molecule has 5 N–H and O–H groups in total. The second-order valence-electron chi connectivity index (χ2n) is 8.09. The molecule has 0 fully saturated rings. The Morgan fingerprint density at radius 1 is 1.26 bits per heavy atom. The van der Waals surface area contributed by atoms with Crippen molar-refractivity contribution in [3.05, 3.63) is 64.3 Å². The van der Waals surface area contributed by atoms with Crippen LogP contribution in [0.25, 0.3) is 5.57 Å². The van der Waals surface area contributed by atoms with Gasteiger partial charge in [0.05, 0.1) is 12.1 Å². The topological polar surface area (TPSA) is 114 Å². The van der Waals surface area contributed by atoms with Crippen molar-refractivity contribution in [2.24, 2.45) is 5.73 Å². The van der Waals surface area contributed by atoms with Crippen LogP contribution in [-0.4, -0.2) is 40.3 Å². The SMILES string of the molecule is C[C@@H](C(=O)N[C@@H]1CCc2nc(N)ccc21)N1CCC(c2cccc(Cl)c2)=CC1C(N)=O. The molecule has 0 radical (unpaired) electrons. The van der Waals surface area contributed by atoms with Gasteiger partial charge < -0.3 is 16.8 Å². The molecule has 0 spiro atoms. The molecule has 3 atom stereocenters. The average molecular weight is 440 g/mol. The summed E-state index contributed by atoms with van der Waals surface area (Å²) < 4.78 is 0. The van der Waals surface area contributed by atoms with Gasteiger partial charge in [-0.05, 0) is 61.1 Å². The van der Waals surface area contributed by atoms with E-state index >= 15 is 0 Å². The zero-order valence-corrected chi connectivity index (χ0v) is 18.1. The second kappa shape index (κ2) is 8.69. The van der Waals surface area contributed by atoms with Gasteiger partial charge in [-0.2, -0.15) is 0 Å². The third-order valence-electron chi connectivity index (χ3n) is 6.11. The van der Waals surface area contributed by atoms with Crippen LogP contribution in [0.4, 0.5) is 5.82 Å². The van der Waals surface area contributed by atoms with Crippen molar-refractivity contribution in [1.29, 1.82) is 0 Å². The van der Waals surface area contributed by atoms with Gasteiger partial charge >= 0.3 is 0 Å². The minimum atomic E-state index is -0.666. The third kappa shape index (κ3) is 4.43. The highest BCUT2D eigenvalue weighted by atomic mass is 35.5. The molecular formula is C23H26ClN5O2. The molecule has 2 aromatic rings. The number of aromatic nitrogens is 1. The van der Waals surface area contributed by atoms with Gasteiger partial charge in [-0.1, -0.05) is 35.9 Å². The van der Waals surface area contributed by atoms with Crippen molar-refractivity contribution >= 4 is 34.8 Å². The number of nitrogens with one attached hydrogen (secondary N) is 1. The molecule has 2 heterocycles. The first kappa shape index (κ1) is 21.3. The smallest absolute Gasteiger partial charge is 0.238 e. The predicted octanol–water partition coefficient (Wildman–Crippen LogP) is 2.45. The lowest BCUT2D eigenvalue weighted by atomic mass is 9.94. The molecule has 1 aliphatic heterocycles. The Labute approximate surface area is 186 Å². The highest BCUT2D eigenvalue weighted by molar-refractivity contribution is 6.30. The van der Waals surface area contributed by atoms with Gasteiger partial charge in [-0.25, -0.2) is 4.98 Å². The molecule has 1 unspecified atom stereocenters. The maximum Gasteiger partial charge on any atom is 0.238 e. The van der Waals surface area contributed by atoms with Gasteiger partial charge in [0.2, 0.25) is 11.8 Å². The molecule has 0 saturated carbocycles. The normalized spacial score (nSPS) is 21.8. The lowest BCUT2D eigenvalue weighted by Gasteiger charge is -2.36. The maximum atomic E-state index is 13.1. The highest BCUT2D eigenvalue weighted by Crippen LogP contribution is 2.31. The third-order valence-corrected chi connectivity index (χ3v) is 6.35. The number of primary amides is 1. The quantitative estimate of drug-likeness (QED) is 0.662. The number of rotatable bonds is 5. The first-order valence-electron chi connectivity index (χ1n) is 10.4. The number of amides is 2. The Balaban J connectivity index is 1.50. The van der Waals surface area contributed by atoms with Crippen LogP contribution in [0.2, 0.25) is 5.02 Å². The Morgan fingerprint density at radius 3 is 2.81 bits per heavy atom. The molecular weight excluding hydrogens is 414 g/mol. The van der Waals surface area contributed by atoms with E-state index in [2.05, 4.69) is 10.3 Å². The number of pyridine rings is 1. The van der Waals surface area contributed by atoms with E-state index in [0.29, 0.717) is 23.8 Å². The maximum absolute atomic E-state index is 13.1. The van der Waals surface area contributed by atoms with E-state index in [1.165, 1.54) is 0 Å².